The molecule has 1 atom stereocenters. The third-order valence-electron chi connectivity index (χ3n) is 2.78. The summed E-state index contributed by atoms with van der Waals surface area (Å²) in [6.45, 7) is 2.00. The van der Waals surface area contributed by atoms with Gasteiger partial charge in [-0.2, -0.15) is 0 Å². The van der Waals surface area contributed by atoms with Crippen molar-refractivity contribution in [2.45, 2.75) is 25.8 Å². The van der Waals surface area contributed by atoms with E-state index in [1.165, 1.54) is 7.11 Å². The molecule has 5 nitrogen and oxygen atoms in total. The number of nitrogens with one attached hydrogen (secondary N) is 1. The second-order valence-electron chi connectivity index (χ2n) is 4.46. The lowest BCUT2D eigenvalue weighted by molar-refractivity contribution is -0.143. The molecule has 1 rings (SSSR count). The molecule has 0 radical (unpaired) electrons. The number of ether oxygens (including phenoxy) is 2. The summed E-state index contributed by atoms with van der Waals surface area (Å²) < 4.78 is 9.57. The van der Waals surface area contributed by atoms with E-state index in [9.17, 15) is 9.59 Å². The summed E-state index contributed by atoms with van der Waals surface area (Å²) in [5, 5.41) is 3.46. The van der Waals surface area contributed by atoms with Crippen LogP contribution in [0.2, 0.25) is 5.02 Å². The zero-order chi connectivity index (χ0) is 16.5. The minimum Gasteiger partial charge on any atom is -0.467 e. The molecular formula is C15H18ClNO4S. The maximum absolute atomic E-state index is 11.8. The van der Waals surface area contributed by atoms with Crippen LogP contribution in [0.4, 0.5) is 0 Å². The van der Waals surface area contributed by atoms with E-state index in [4.69, 9.17) is 33.3 Å². The van der Waals surface area contributed by atoms with E-state index in [1.54, 1.807) is 19.1 Å². The summed E-state index contributed by atoms with van der Waals surface area (Å²) in [6.07, 6.45) is 0.296. The monoisotopic (exact) mass is 343 g/mol. The molecule has 0 aliphatic rings. The zero-order valence-corrected chi connectivity index (χ0v) is 14.0. The molecule has 1 unspecified atom stereocenters. The smallest absolute Gasteiger partial charge is 0.328 e. The highest BCUT2D eigenvalue weighted by atomic mass is 35.5. The second kappa shape index (κ2) is 9.38. The van der Waals surface area contributed by atoms with Crippen molar-refractivity contribution in [3.05, 3.63) is 34.9 Å². The van der Waals surface area contributed by atoms with Gasteiger partial charge in [-0.05, 0) is 24.6 Å². The number of halogens is 1. The van der Waals surface area contributed by atoms with Crippen LogP contribution in [0.25, 0.3) is 0 Å². The highest BCUT2D eigenvalue weighted by molar-refractivity contribution is 7.80. The van der Waals surface area contributed by atoms with E-state index >= 15 is 0 Å². The first-order chi connectivity index (χ1) is 10.5. The van der Waals surface area contributed by atoms with Gasteiger partial charge in [-0.1, -0.05) is 36.0 Å². The van der Waals surface area contributed by atoms with Gasteiger partial charge in [0.25, 0.3) is 0 Å². The molecule has 0 heterocycles. The van der Waals surface area contributed by atoms with Gasteiger partial charge in [0.05, 0.1) is 25.1 Å². The van der Waals surface area contributed by atoms with Crippen LogP contribution >= 0.6 is 23.8 Å². The van der Waals surface area contributed by atoms with Crippen LogP contribution in [-0.2, 0) is 25.5 Å². The third kappa shape index (κ3) is 6.41. The fourth-order valence-electron chi connectivity index (χ4n) is 1.78. The summed E-state index contributed by atoms with van der Waals surface area (Å²) >= 11 is 10.9. The van der Waals surface area contributed by atoms with Crippen LogP contribution in [0.15, 0.2) is 24.3 Å². The first-order valence-electron chi connectivity index (χ1n) is 6.73. The Balaban J connectivity index is 2.68. The minimum atomic E-state index is -0.673. The predicted octanol–water partition coefficient (Wildman–Crippen LogP) is 2.29. The van der Waals surface area contributed by atoms with Crippen molar-refractivity contribution in [3.8, 4) is 0 Å². The van der Waals surface area contributed by atoms with Crippen LogP contribution in [-0.4, -0.2) is 36.7 Å². The number of methoxy groups -OCH3 is 1. The van der Waals surface area contributed by atoms with E-state index in [1.807, 2.05) is 12.1 Å². The van der Waals surface area contributed by atoms with Crippen molar-refractivity contribution in [3.63, 3.8) is 0 Å². The fourth-order valence-corrected chi connectivity index (χ4v) is 2.17. The number of hydrogen-bond donors (Lipinski definition) is 1. The number of thiocarbonyl (C=S) groups is 1. The molecule has 7 heteroatoms. The van der Waals surface area contributed by atoms with E-state index in [2.05, 4.69) is 5.32 Å². The van der Waals surface area contributed by atoms with Crippen molar-refractivity contribution in [1.82, 2.24) is 5.32 Å². The van der Waals surface area contributed by atoms with Crippen LogP contribution in [0.5, 0.6) is 0 Å². The highest BCUT2D eigenvalue weighted by Gasteiger charge is 2.21. The molecule has 0 saturated carbocycles. The van der Waals surface area contributed by atoms with E-state index in [-0.39, 0.29) is 18.0 Å². The van der Waals surface area contributed by atoms with Gasteiger partial charge in [0.1, 0.15) is 6.04 Å². The summed E-state index contributed by atoms with van der Waals surface area (Å²) in [4.78, 5) is 23.5. The van der Waals surface area contributed by atoms with Crippen LogP contribution < -0.4 is 5.32 Å². The Morgan fingerprint density at radius 2 is 1.95 bits per heavy atom. The zero-order valence-electron chi connectivity index (χ0n) is 12.4. The summed E-state index contributed by atoms with van der Waals surface area (Å²) in [5.41, 5.74) is 0.895. The van der Waals surface area contributed by atoms with Gasteiger partial charge >= 0.3 is 11.9 Å². The van der Waals surface area contributed by atoms with Crippen molar-refractivity contribution in [2.24, 2.45) is 0 Å². The van der Waals surface area contributed by atoms with Crippen molar-refractivity contribution >= 4 is 40.7 Å². The molecule has 0 aliphatic heterocycles. The number of rotatable bonds is 7. The third-order valence-corrected chi connectivity index (χ3v) is 3.30. The molecule has 0 spiro atoms. The average Bonchev–Trinajstić information content (AvgIpc) is 2.48. The number of hydrogen-bond acceptors (Lipinski definition) is 5. The molecule has 0 bridgehead atoms. The van der Waals surface area contributed by atoms with E-state index in [0.29, 0.717) is 11.4 Å². The minimum absolute atomic E-state index is 0.0721. The van der Waals surface area contributed by atoms with Crippen molar-refractivity contribution < 1.29 is 19.1 Å². The normalized spacial score (nSPS) is 11.4. The number of carbonyl (C=O) groups is 2. The average molecular weight is 344 g/mol. The van der Waals surface area contributed by atoms with Crippen LogP contribution in [0, 0.1) is 0 Å². The van der Waals surface area contributed by atoms with Crippen LogP contribution in [0.1, 0.15) is 18.9 Å². The first kappa shape index (κ1) is 18.4. The maximum Gasteiger partial charge on any atom is 0.328 e. The number of benzene rings is 1. The van der Waals surface area contributed by atoms with Gasteiger partial charge in [-0.3, -0.25) is 4.79 Å². The van der Waals surface area contributed by atoms with E-state index in [0.717, 1.165) is 5.56 Å². The quantitative estimate of drug-likeness (QED) is 0.605. The van der Waals surface area contributed by atoms with Gasteiger partial charge in [0.2, 0.25) is 0 Å². The topological polar surface area (TPSA) is 64.6 Å². The molecule has 22 heavy (non-hydrogen) atoms. The Labute approximate surface area is 139 Å². The molecule has 1 aromatic rings. The van der Waals surface area contributed by atoms with Gasteiger partial charge in [-0.25, -0.2) is 4.79 Å². The van der Waals surface area contributed by atoms with Crippen molar-refractivity contribution in [1.29, 1.82) is 0 Å². The van der Waals surface area contributed by atoms with E-state index < -0.39 is 18.0 Å². The molecule has 0 fully saturated rings. The summed E-state index contributed by atoms with van der Waals surface area (Å²) in [5.74, 6) is -0.892. The SMILES string of the molecule is CCOC(=O)CC(=S)NC(Cc1ccc(Cl)cc1)C(=O)OC. The van der Waals surface area contributed by atoms with Gasteiger partial charge < -0.3 is 14.8 Å². The van der Waals surface area contributed by atoms with Gasteiger partial charge in [0.15, 0.2) is 0 Å². The lowest BCUT2D eigenvalue weighted by atomic mass is 10.1. The summed E-state index contributed by atoms with van der Waals surface area (Å²) in [6, 6.07) is 6.43. The second-order valence-corrected chi connectivity index (χ2v) is 5.38. The Bertz CT molecular complexity index is 533. The number of esters is 2. The lowest BCUT2D eigenvalue weighted by Gasteiger charge is -2.18. The van der Waals surface area contributed by atoms with Gasteiger partial charge in [-0.15, -0.1) is 0 Å². The fraction of sp³-hybridized carbons (Fsp3) is 0.400. The lowest BCUT2D eigenvalue weighted by Crippen LogP contribution is -2.43. The number of carbonyl (C=O) groups excluding carboxylic acids is 2. The molecule has 0 aromatic heterocycles. The van der Waals surface area contributed by atoms with Crippen LogP contribution in [0.3, 0.4) is 0 Å². The Kier molecular flexibility index (Phi) is 7.84. The Morgan fingerprint density at radius 1 is 1.32 bits per heavy atom. The Morgan fingerprint density at radius 3 is 2.50 bits per heavy atom. The van der Waals surface area contributed by atoms with Gasteiger partial charge in [0, 0.05) is 11.4 Å². The molecule has 1 N–H and O–H groups in total. The summed E-state index contributed by atoms with van der Waals surface area (Å²) in [7, 11) is 1.30. The maximum atomic E-state index is 11.8. The highest BCUT2D eigenvalue weighted by Crippen LogP contribution is 2.12. The standard InChI is InChI=1S/C15H18ClNO4S/c1-3-21-14(18)9-13(22)17-12(15(19)20-2)8-10-4-6-11(16)7-5-10/h4-7,12H,3,8-9H2,1-2H3,(H,17,22). The molecular weight excluding hydrogens is 326 g/mol. The molecule has 0 saturated heterocycles. The first-order valence-corrected chi connectivity index (χ1v) is 7.52. The predicted molar refractivity (Wildman–Crippen MR) is 87.9 cm³/mol. The van der Waals surface area contributed by atoms with Crippen molar-refractivity contribution in [2.75, 3.05) is 13.7 Å². The molecule has 1 aromatic carbocycles. The Hall–Kier alpha value is -1.66. The molecule has 120 valence electrons. The largest absolute Gasteiger partial charge is 0.467 e. The molecule has 0 amide bonds. The molecule has 0 aliphatic carbocycles.